The van der Waals surface area contributed by atoms with Crippen molar-refractivity contribution < 1.29 is 37.8 Å². The quantitative estimate of drug-likeness (QED) is 0.119. The van der Waals surface area contributed by atoms with Crippen LogP contribution in [0.1, 0.15) is 49.9 Å². The highest BCUT2D eigenvalue weighted by atomic mass is 16.5. The second-order valence-corrected chi connectivity index (χ2v) is 13.0. The van der Waals surface area contributed by atoms with Crippen molar-refractivity contribution in [1.82, 2.24) is 0 Å². The van der Waals surface area contributed by atoms with Gasteiger partial charge in [0.05, 0.1) is 6.42 Å². The summed E-state index contributed by atoms with van der Waals surface area (Å²) in [6, 6.07) is 19.1. The van der Waals surface area contributed by atoms with Crippen LogP contribution in [0.2, 0.25) is 0 Å². The van der Waals surface area contributed by atoms with E-state index in [-0.39, 0.29) is 49.1 Å². The molecule has 0 radical (unpaired) electrons. The number of esters is 1. The summed E-state index contributed by atoms with van der Waals surface area (Å²) in [4.78, 5) is 49.2. The van der Waals surface area contributed by atoms with Crippen LogP contribution in [0, 0.1) is 25.7 Å². The molecular weight excluding hydrogens is 632 g/mol. The van der Waals surface area contributed by atoms with E-state index in [1.54, 1.807) is 12.1 Å². The summed E-state index contributed by atoms with van der Waals surface area (Å²) < 4.78 is 14.8. The first-order valence-electron chi connectivity index (χ1n) is 17.0. The molecule has 0 spiro atoms. The maximum absolute atomic E-state index is 12.5. The number of aryl methyl sites for hydroxylation is 2. The number of ether oxygens (including phenoxy) is 2. The predicted molar refractivity (Wildman–Crippen MR) is 191 cm³/mol. The van der Waals surface area contributed by atoms with Crippen LogP contribution in [0.3, 0.4) is 0 Å². The molecule has 2 aromatic carbocycles. The lowest BCUT2D eigenvalue weighted by Gasteiger charge is -2.13. The SMILES string of the molecule is Cc1ccc(CC(=O)OCC[n+]2ccc(-c3cc[n+](CCOC(=O)Nc4ccc(C)c(NC(=O)C(C)C)c4)cc3)cc2)cc1CC(=O)C(C)C. The molecule has 4 rings (SSSR count). The van der Waals surface area contributed by atoms with Crippen LogP contribution in [-0.4, -0.2) is 37.0 Å². The third kappa shape index (κ3) is 11.4. The van der Waals surface area contributed by atoms with Gasteiger partial charge in [-0.05, 0) is 59.4 Å². The van der Waals surface area contributed by atoms with Crippen LogP contribution >= 0.6 is 0 Å². The Morgan fingerprint density at radius 2 is 1.24 bits per heavy atom. The highest BCUT2D eigenvalue weighted by Gasteiger charge is 2.14. The molecule has 0 aliphatic heterocycles. The number of hydrogen-bond acceptors (Lipinski definition) is 6. The normalized spacial score (nSPS) is 11.0. The Labute approximate surface area is 294 Å². The number of carbonyl (C=O) groups is 4. The number of pyridine rings is 2. The van der Waals surface area contributed by atoms with Gasteiger partial charge in [-0.15, -0.1) is 0 Å². The maximum Gasteiger partial charge on any atom is 0.411 e. The molecular formula is C40H48N4O6+2. The molecule has 0 atom stereocenters. The summed E-state index contributed by atoms with van der Waals surface area (Å²) in [6.45, 7) is 12.7. The molecule has 50 heavy (non-hydrogen) atoms. The van der Waals surface area contributed by atoms with Crippen LogP contribution in [-0.2, 0) is 49.8 Å². The van der Waals surface area contributed by atoms with Gasteiger partial charge in [0, 0.05) is 53.9 Å². The summed E-state index contributed by atoms with van der Waals surface area (Å²) in [7, 11) is 0. The number of nitrogens with zero attached hydrogens (tertiary/aromatic N) is 2. The number of Topliss-reactive ketones (excluding diaryl/α,β-unsaturated/α-hetero) is 1. The third-order valence-corrected chi connectivity index (χ3v) is 8.35. The Hall–Kier alpha value is -5.38. The molecule has 2 amide bonds. The van der Waals surface area contributed by atoms with Gasteiger partial charge in [0.2, 0.25) is 5.91 Å². The standard InChI is InChI=1S/C40H46N4O6/c1-27(2)37(45)25-34-23-31(9-7-29(34)5)24-38(46)49-21-19-43-15-11-32(12-16-43)33-13-17-44(18-14-33)20-22-50-40(48)41-35-10-8-30(6)36(26-35)42-39(47)28(3)4/h7-18,23,26-28H,19-22,24-25H2,1-6H3/p+2. The number of aromatic nitrogens is 2. The van der Waals surface area contributed by atoms with Crippen molar-refractivity contribution in [2.45, 2.75) is 67.5 Å². The van der Waals surface area contributed by atoms with Crippen LogP contribution in [0.25, 0.3) is 11.1 Å². The zero-order chi connectivity index (χ0) is 36.2. The average Bonchev–Trinajstić information content (AvgIpc) is 3.08. The van der Waals surface area contributed by atoms with Gasteiger partial charge in [0.25, 0.3) is 0 Å². The molecule has 0 fully saturated rings. The second-order valence-electron chi connectivity index (χ2n) is 13.0. The zero-order valence-electron chi connectivity index (χ0n) is 29.8. The largest absolute Gasteiger partial charge is 0.459 e. The summed E-state index contributed by atoms with van der Waals surface area (Å²) in [6.07, 6.45) is 7.72. The molecule has 0 bridgehead atoms. The lowest BCUT2D eigenvalue weighted by atomic mass is 9.95. The van der Waals surface area contributed by atoms with Crippen LogP contribution in [0.15, 0.2) is 85.5 Å². The number of nitrogens with one attached hydrogen (secondary N) is 2. The minimum Gasteiger partial charge on any atom is -0.459 e. The Morgan fingerprint density at radius 3 is 1.82 bits per heavy atom. The number of carbonyl (C=O) groups excluding carboxylic acids is 4. The van der Waals surface area contributed by atoms with Crippen molar-refractivity contribution in [1.29, 1.82) is 0 Å². The fraction of sp³-hybridized carbons (Fsp3) is 0.350. The van der Waals surface area contributed by atoms with E-state index in [0.717, 1.165) is 33.4 Å². The molecule has 0 aliphatic rings. The predicted octanol–water partition coefficient (Wildman–Crippen LogP) is 5.94. The Balaban J connectivity index is 1.19. The van der Waals surface area contributed by atoms with Crippen molar-refractivity contribution in [3.05, 3.63) is 108 Å². The second kappa shape index (κ2) is 17.9. The number of anilines is 2. The van der Waals surface area contributed by atoms with Crippen LogP contribution in [0.4, 0.5) is 16.2 Å². The van der Waals surface area contributed by atoms with Crippen LogP contribution in [0.5, 0.6) is 0 Å². The van der Waals surface area contributed by atoms with Crippen molar-refractivity contribution in [2.24, 2.45) is 11.8 Å². The fourth-order valence-corrected chi connectivity index (χ4v) is 5.01. The minimum atomic E-state index is -0.573. The van der Waals surface area contributed by atoms with Gasteiger partial charge >= 0.3 is 12.1 Å². The van der Waals surface area contributed by atoms with E-state index in [9.17, 15) is 19.2 Å². The van der Waals surface area contributed by atoms with Gasteiger partial charge in [-0.3, -0.25) is 19.7 Å². The van der Waals surface area contributed by atoms with Crippen molar-refractivity contribution in [2.75, 3.05) is 23.8 Å². The Morgan fingerprint density at radius 1 is 0.660 bits per heavy atom. The first kappa shape index (κ1) is 37.4. The Kier molecular flexibility index (Phi) is 13.4. The van der Waals surface area contributed by atoms with Crippen molar-refractivity contribution in [3.8, 4) is 11.1 Å². The molecule has 4 aromatic rings. The fourth-order valence-electron chi connectivity index (χ4n) is 5.01. The number of ketones is 1. The van der Waals surface area contributed by atoms with E-state index < -0.39 is 6.09 Å². The molecule has 0 aliphatic carbocycles. The monoisotopic (exact) mass is 680 g/mol. The van der Waals surface area contributed by atoms with E-state index in [4.69, 9.17) is 9.47 Å². The van der Waals surface area contributed by atoms with Gasteiger partial charge < -0.3 is 14.8 Å². The number of amides is 2. The first-order valence-corrected chi connectivity index (χ1v) is 17.0. The number of rotatable bonds is 15. The summed E-state index contributed by atoms with van der Waals surface area (Å²) >= 11 is 0. The molecule has 2 N–H and O–H groups in total. The van der Waals surface area contributed by atoms with E-state index in [0.29, 0.717) is 30.9 Å². The van der Waals surface area contributed by atoms with Gasteiger partial charge in [0.1, 0.15) is 5.78 Å². The Bertz CT molecular complexity index is 1670. The van der Waals surface area contributed by atoms with E-state index >= 15 is 0 Å². The highest BCUT2D eigenvalue weighted by molar-refractivity contribution is 5.94. The smallest absolute Gasteiger partial charge is 0.411 e. The third-order valence-electron chi connectivity index (χ3n) is 8.35. The molecule has 0 unspecified atom stereocenters. The zero-order valence-corrected chi connectivity index (χ0v) is 29.8. The maximum atomic E-state index is 12.5. The molecule has 2 heterocycles. The minimum absolute atomic E-state index is 0.0257. The highest BCUT2D eigenvalue weighted by Crippen LogP contribution is 2.21. The molecule has 10 nitrogen and oxygen atoms in total. The number of benzene rings is 2. The summed E-state index contributed by atoms with van der Waals surface area (Å²) in [5.74, 6) is -0.392. The molecule has 2 aromatic heterocycles. The molecule has 10 heteroatoms. The molecule has 262 valence electrons. The lowest BCUT2D eigenvalue weighted by molar-refractivity contribution is -0.698. The van der Waals surface area contributed by atoms with Gasteiger partial charge in [0.15, 0.2) is 51.1 Å². The molecule has 0 saturated carbocycles. The van der Waals surface area contributed by atoms with Gasteiger partial charge in [-0.2, -0.15) is 0 Å². The van der Waals surface area contributed by atoms with Crippen molar-refractivity contribution >= 4 is 35.1 Å². The first-order chi connectivity index (χ1) is 23.9. The van der Waals surface area contributed by atoms with E-state index in [2.05, 4.69) is 10.6 Å². The average molecular weight is 681 g/mol. The summed E-state index contributed by atoms with van der Waals surface area (Å²) in [5, 5.41) is 5.59. The lowest BCUT2D eigenvalue weighted by Crippen LogP contribution is -2.36. The number of hydrogen-bond donors (Lipinski definition) is 2. The molecule has 0 saturated heterocycles. The van der Waals surface area contributed by atoms with Gasteiger partial charge in [-0.25, -0.2) is 13.9 Å². The topological polar surface area (TPSA) is 119 Å². The van der Waals surface area contributed by atoms with E-state index in [1.807, 2.05) is 124 Å². The van der Waals surface area contributed by atoms with Crippen LogP contribution < -0.4 is 19.8 Å². The van der Waals surface area contributed by atoms with Gasteiger partial charge in [-0.1, -0.05) is 52.0 Å². The van der Waals surface area contributed by atoms with E-state index in [1.165, 1.54) is 0 Å². The van der Waals surface area contributed by atoms with Crippen molar-refractivity contribution in [3.63, 3.8) is 0 Å². The summed E-state index contributed by atoms with van der Waals surface area (Å²) in [5.41, 5.74) is 6.99.